The average molecular weight is 167 g/mol. The fourth-order valence-corrected chi connectivity index (χ4v) is 1.20. The Morgan fingerprint density at radius 3 is 3.17 bits per heavy atom. The smallest absolute Gasteiger partial charge is 0.145 e. The third-order valence-electron chi connectivity index (χ3n) is 2.05. The van der Waals surface area contributed by atoms with Gasteiger partial charge in [0.2, 0.25) is 0 Å². The summed E-state index contributed by atoms with van der Waals surface area (Å²) in [6, 6.07) is 0.550. The number of nitrogens with one attached hydrogen (secondary N) is 2. The minimum Gasteiger partial charge on any atom is -0.364 e. The molecule has 2 N–H and O–H groups in total. The largest absolute Gasteiger partial charge is 0.364 e. The van der Waals surface area contributed by atoms with Crippen LogP contribution in [0.3, 0.4) is 0 Å². The highest BCUT2D eigenvalue weighted by molar-refractivity contribution is 5.33. The van der Waals surface area contributed by atoms with E-state index in [2.05, 4.69) is 27.9 Å². The van der Waals surface area contributed by atoms with Crippen molar-refractivity contribution in [1.82, 2.24) is 20.3 Å². The first-order chi connectivity index (χ1) is 5.90. The van der Waals surface area contributed by atoms with E-state index in [4.69, 9.17) is 0 Å². The van der Waals surface area contributed by atoms with E-state index in [0.717, 1.165) is 25.5 Å². The molecule has 0 spiro atoms. The Morgan fingerprint density at radius 1 is 1.75 bits per heavy atom. The van der Waals surface area contributed by atoms with Crippen molar-refractivity contribution in [2.45, 2.75) is 19.5 Å². The maximum atomic E-state index is 3.93. The molecule has 0 aromatic carbocycles. The van der Waals surface area contributed by atoms with Crippen molar-refractivity contribution >= 4 is 5.82 Å². The van der Waals surface area contributed by atoms with Gasteiger partial charge in [-0.2, -0.15) is 0 Å². The number of rotatable bonds is 3. The fraction of sp³-hybridized carbons (Fsp3) is 0.714. The molecule has 12 heavy (non-hydrogen) atoms. The second kappa shape index (κ2) is 3.10. The second-order valence-electron chi connectivity index (χ2n) is 2.93. The molecule has 0 unspecified atom stereocenters. The van der Waals surface area contributed by atoms with E-state index in [1.165, 1.54) is 0 Å². The highest BCUT2D eigenvalue weighted by Crippen LogP contribution is 2.07. The summed E-state index contributed by atoms with van der Waals surface area (Å²) < 4.78 is 1.86. The third kappa shape index (κ3) is 1.27. The number of aromatic nitrogens is 3. The molecular formula is C7H13N5. The zero-order valence-corrected chi connectivity index (χ0v) is 7.12. The van der Waals surface area contributed by atoms with Crippen molar-refractivity contribution in [3.05, 3.63) is 6.20 Å². The van der Waals surface area contributed by atoms with Crippen LogP contribution < -0.4 is 10.6 Å². The molecule has 2 rings (SSSR count). The van der Waals surface area contributed by atoms with Crippen LogP contribution in [0.4, 0.5) is 5.82 Å². The molecule has 1 aliphatic rings. The van der Waals surface area contributed by atoms with Gasteiger partial charge in [0.1, 0.15) is 5.82 Å². The highest BCUT2D eigenvalue weighted by Gasteiger charge is 2.17. The molecule has 2 heterocycles. The van der Waals surface area contributed by atoms with Gasteiger partial charge in [-0.3, -0.25) is 0 Å². The summed E-state index contributed by atoms with van der Waals surface area (Å²) in [4.78, 5) is 0. The highest BCUT2D eigenvalue weighted by atomic mass is 15.5. The zero-order valence-electron chi connectivity index (χ0n) is 7.12. The van der Waals surface area contributed by atoms with Crippen LogP contribution in [0.5, 0.6) is 0 Å². The van der Waals surface area contributed by atoms with E-state index in [9.17, 15) is 0 Å². The molecule has 0 amide bonds. The normalized spacial score (nSPS) is 17.4. The van der Waals surface area contributed by atoms with Gasteiger partial charge in [-0.15, -0.1) is 5.10 Å². The van der Waals surface area contributed by atoms with Crippen LogP contribution in [0.2, 0.25) is 0 Å². The maximum Gasteiger partial charge on any atom is 0.145 e. The lowest BCUT2D eigenvalue weighted by Crippen LogP contribution is -2.51. The van der Waals surface area contributed by atoms with Gasteiger partial charge in [0, 0.05) is 19.6 Å². The Hall–Kier alpha value is -1.10. The molecule has 0 aliphatic carbocycles. The van der Waals surface area contributed by atoms with Crippen molar-refractivity contribution in [1.29, 1.82) is 0 Å². The van der Waals surface area contributed by atoms with Crippen LogP contribution >= 0.6 is 0 Å². The predicted molar refractivity (Wildman–Crippen MR) is 46.0 cm³/mol. The van der Waals surface area contributed by atoms with Crippen molar-refractivity contribution in [3.63, 3.8) is 0 Å². The van der Waals surface area contributed by atoms with Crippen LogP contribution in [0.25, 0.3) is 0 Å². The predicted octanol–water partition coefficient (Wildman–Crippen LogP) is -0.318. The molecule has 5 nitrogen and oxygen atoms in total. The summed E-state index contributed by atoms with van der Waals surface area (Å²) in [6.07, 6.45) is 1.77. The van der Waals surface area contributed by atoms with Crippen molar-refractivity contribution in [2.24, 2.45) is 0 Å². The minimum atomic E-state index is 0.550. The Morgan fingerprint density at radius 2 is 2.58 bits per heavy atom. The number of hydrogen-bond acceptors (Lipinski definition) is 4. The lowest BCUT2D eigenvalue weighted by Gasteiger charge is -2.28. The molecule has 1 aromatic rings. The zero-order chi connectivity index (χ0) is 8.39. The van der Waals surface area contributed by atoms with Gasteiger partial charge in [-0.1, -0.05) is 5.21 Å². The molecule has 0 atom stereocenters. The Kier molecular flexibility index (Phi) is 1.95. The van der Waals surface area contributed by atoms with E-state index in [-0.39, 0.29) is 0 Å². The summed E-state index contributed by atoms with van der Waals surface area (Å²) in [6.45, 7) is 4.99. The molecule has 0 bridgehead atoms. The van der Waals surface area contributed by atoms with Crippen LogP contribution in [0, 0.1) is 0 Å². The van der Waals surface area contributed by atoms with Crippen molar-refractivity contribution in [3.8, 4) is 0 Å². The molecule has 66 valence electrons. The van der Waals surface area contributed by atoms with E-state index in [1.807, 2.05) is 4.68 Å². The molecule has 1 fully saturated rings. The lowest BCUT2D eigenvalue weighted by atomic mass is 10.2. The first-order valence-corrected chi connectivity index (χ1v) is 4.26. The topological polar surface area (TPSA) is 54.8 Å². The van der Waals surface area contributed by atoms with Crippen LogP contribution in [-0.4, -0.2) is 34.1 Å². The van der Waals surface area contributed by atoms with E-state index >= 15 is 0 Å². The van der Waals surface area contributed by atoms with Crippen LogP contribution in [-0.2, 0) is 6.54 Å². The first-order valence-electron chi connectivity index (χ1n) is 4.26. The fourth-order valence-electron chi connectivity index (χ4n) is 1.20. The van der Waals surface area contributed by atoms with Gasteiger partial charge in [-0.25, -0.2) is 4.68 Å². The van der Waals surface area contributed by atoms with Crippen molar-refractivity contribution in [2.75, 3.05) is 18.4 Å². The quantitative estimate of drug-likeness (QED) is 0.648. The molecular weight excluding hydrogens is 154 g/mol. The van der Waals surface area contributed by atoms with Gasteiger partial charge in [0.15, 0.2) is 0 Å². The molecule has 0 radical (unpaired) electrons. The van der Waals surface area contributed by atoms with Gasteiger partial charge in [-0.05, 0) is 6.92 Å². The van der Waals surface area contributed by atoms with Gasteiger partial charge in [0.25, 0.3) is 0 Å². The summed E-state index contributed by atoms with van der Waals surface area (Å²) >= 11 is 0. The van der Waals surface area contributed by atoms with E-state index in [1.54, 1.807) is 6.20 Å². The van der Waals surface area contributed by atoms with Gasteiger partial charge < -0.3 is 10.6 Å². The SMILES string of the molecule is CCn1nncc1NC1CNC1. The van der Waals surface area contributed by atoms with Gasteiger partial charge >= 0.3 is 0 Å². The number of anilines is 1. The van der Waals surface area contributed by atoms with Crippen LogP contribution in [0.15, 0.2) is 6.20 Å². The maximum absolute atomic E-state index is 3.93. The average Bonchev–Trinajstić information content (AvgIpc) is 2.43. The Labute approximate surface area is 71.1 Å². The molecule has 1 aromatic heterocycles. The van der Waals surface area contributed by atoms with Crippen LogP contribution in [0.1, 0.15) is 6.92 Å². The summed E-state index contributed by atoms with van der Waals surface area (Å²) in [5.41, 5.74) is 0. The van der Waals surface area contributed by atoms with Gasteiger partial charge in [0.05, 0.1) is 12.2 Å². The summed E-state index contributed by atoms with van der Waals surface area (Å²) in [5.74, 6) is 1.02. The minimum absolute atomic E-state index is 0.550. The molecule has 1 aliphatic heterocycles. The Bertz CT molecular complexity index is 252. The summed E-state index contributed by atoms with van der Waals surface area (Å²) in [7, 11) is 0. The summed E-state index contributed by atoms with van der Waals surface area (Å²) in [5, 5.41) is 14.3. The first kappa shape index (κ1) is 7.54. The van der Waals surface area contributed by atoms with E-state index < -0.39 is 0 Å². The standard InChI is InChI=1S/C7H13N5/c1-2-12-7(5-9-11-12)10-6-3-8-4-6/h5-6,8,10H,2-4H2,1H3. The second-order valence-corrected chi connectivity index (χ2v) is 2.93. The number of nitrogens with zero attached hydrogens (tertiary/aromatic N) is 3. The molecule has 5 heteroatoms. The third-order valence-corrected chi connectivity index (χ3v) is 2.05. The van der Waals surface area contributed by atoms with E-state index in [0.29, 0.717) is 6.04 Å². The number of hydrogen-bond donors (Lipinski definition) is 2. The lowest BCUT2D eigenvalue weighted by molar-refractivity contribution is 0.467. The van der Waals surface area contributed by atoms with Crippen molar-refractivity contribution < 1.29 is 0 Å². The monoisotopic (exact) mass is 167 g/mol. The molecule has 1 saturated heterocycles. The molecule has 0 saturated carbocycles. The Balaban J connectivity index is 2.00. The number of aryl methyl sites for hydroxylation is 1.